The molecule has 2 N–H and O–H groups in total. The zero-order chi connectivity index (χ0) is 9.14. The van der Waals surface area contributed by atoms with E-state index in [1.807, 2.05) is 13.8 Å². The van der Waals surface area contributed by atoms with Crippen LogP contribution in [-0.4, -0.2) is 15.7 Å². The number of amides is 1. The van der Waals surface area contributed by atoms with Crippen LogP contribution < -0.4 is 5.73 Å². The zero-order valence-corrected chi connectivity index (χ0v) is 7.32. The van der Waals surface area contributed by atoms with E-state index in [9.17, 15) is 4.79 Å². The second-order valence-corrected chi connectivity index (χ2v) is 2.78. The molecule has 0 radical (unpaired) electrons. The molecule has 0 saturated carbocycles. The SMILES string of the molecule is CCC(C)n1nccc1C(N)=O. The number of carbonyl (C=O) groups is 1. The minimum atomic E-state index is -0.423. The van der Waals surface area contributed by atoms with E-state index in [0.717, 1.165) is 6.42 Å². The van der Waals surface area contributed by atoms with Crippen molar-refractivity contribution in [3.63, 3.8) is 0 Å². The summed E-state index contributed by atoms with van der Waals surface area (Å²) < 4.78 is 1.66. The molecule has 1 atom stereocenters. The number of aromatic nitrogens is 2. The smallest absolute Gasteiger partial charge is 0.266 e. The molecule has 0 fully saturated rings. The minimum Gasteiger partial charge on any atom is -0.364 e. The van der Waals surface area contributed by atoms with Crippen LogP contribution in [-0.2, 0) is 0 Å². The predicted molar refractivity (Wildman–Crippen MR) is 45.7 cm³/mol. The highest BCUT2D eigenvalue weighted by Crippen LogP contribution is 2.11. The zero-order valence-electron chi connectivity index (χ0n) is 7.32. The van der Waals surface area contributed by atoms with Crippen LogP contribution in [0.1, 0.15) is 36.8 Å². The van der Waals surface area contributed by atoms with Crippen molar-refractivity contribution >= 4 is 5.91 Å². The van der Waals surface area contributed by atoms with Gasteiger partial charge in [-0.05, 0) is 19.4 Å². The summed E-state index contributed by atoms with van der Waals surface area (Å²) in [5.41, 5.74) is 5.63. The van der Waals surface area contributed by atoms with Gasteiger partial charge in [0.05, 0.1) is 0 Å². The summed E-state index contributed by atoms with van der Waals surface area (Å²) in [7, 11) is 0. The number of nitrogens with two attached hydrogens (primary N) is 1. The largest absolute Gasteiger partial charge is 0.364 e. The maximum absolute atomic E-state index is 10.9. The Hall–Kier alpha value is -1.32. The summed E-state index contributed by atoms with van der Waals surface area (Å²) in [5.74, 6) is -0.423. The van der Waals surface area contributed by atoms with Gasteiger partial charge < -0.3 is 5.73 Å². The third kappa shape index (κ3) is 1.47. The van der Waals surface area contributed by atoms with Crippen molar-refractivity contribution in [1.29, 1.82) is 0 Å². The van der Waals surface area contributed by atoms with Crippen molar-refractivity contribution < 1.29 is 4.79 Å². The summed E-state index contributed by atoms with van der Waals surface area (Å²) >= 11 is 0. The number of nitrogens with zero attached hydrogens (tertiary/aromatic N) is 2. The van der Waals surface area contributed by atoms with Crippen LogP contribution in [0, 0.1) is 0 Å². The highest BCUT2D eigenvalue weighted by Gasteiger charge is 2.11. The molecule has 1 aromatic rings. The second-order valence-electron chi connectivity index (χ2n) is 2.78. The van der Waals surface area contributed by atoms with Crippen LogP contribution in [0.25, 0.3) is 0 Å². The van der Waals surface area contributed by atoms with Gasteiger partial charge in [0.15, 0.2) is 0 Å². The maximum Gasteiger partial charge on any atom is 0.266 e. The molecular weight excluding hydrogens is 154 g/mol. The first-order valence-corrected chi connectivity index (χ1v) is 4.00. The third-order valence-electron chi connectivity index (χ3n) is 1.93. The quantitative estimate of drug-likeness (QED) is 0.728. The standard InChI is InChI=1S/C8H13N3O/c1-3-6(2)11-7(8(9)12)4-5-10-11/h4-6H,3H2,1-2H3,(H2,9,12). The fraction of sp³-hybridized carbons (Fsp3) is 0.500. The van der Waals surface area contributed by atoms with Crippen LogP contribution >= 0.6 is 0 Å². The molecule has 0 saturated heterocycles. The molecule has 1 amide bonds. The molecule has 0 aromatic carbocycles. The van der Waals surface area contributed by atoms with E-state index < -0.39 is 5.91 Å². The van der Waals surface area contributed by atoms with Gasteiger partial charge >= 0.3 is 0 Å². The minimum absolute atomic E-state index is 0.225. The lowest BCUT2D eigenvalue weighted by Crippen LogP contribution is -2.19. The lowest BCUT2D eigenvalue weighted by atomic mass is 10.2. The molecule has 0 aliphatic rings. The van der Waals surface area contributed by atoms with Crippen molar-refractivity contribution in [2.75, 3.05) is 0 Å². The van der Waals surface area contributed by atoms with E-state index in [4.69, 9.17) is 5.73 Å². The van der Waals surface area contributed by atoms with Gasteiger partial charge in [-0.1, -0.05) is 6.92 Å². The topological polar surface area (TPSA) is 60.9 Å². The summed E-state index contributed by atoms with van der Waals surface area (Å²) in [4.78, 5) is 10.9. The maximum atomic E-state index is 10.9. The Morgan fingerprint density at radius 1 is 1.83 bits per heavy atom. The highest BCUT2D eigenvalue weighted by atomic mass is 16.1. The van der Waals surface area contributed by atoms with E-state index in [0.29, 0.717) is 5.69 Å². The average molecular weight is 167 g/mol. The molecule has 1 aromatic heterocycles. The van der Waals surface area contributed by atoms with E-state index in [-0.39, 0.29) is 6.04 Å². The van der Waals surface area contributed by atoms with E-state index in [2.05, 4.69) is 5.10 Å². The highest BCUT2D eigenvalue weighted by molar-refractivity contribution is 5.90. The molecule has 4 nitrogen and oxygen atoms in total. The Bertz CT molecular complexity index is 280. The van der Waals surface area contributed by atoms with E-state index in [1.54, 1.807) is 16.9 Å². The molecule has 66 valence electrons. The van der Waals surface area contributed by atoms with Crippen molar-refractivity contribution in [2.45, 2.75) is 26.3 Å². The first kappa shape index (κ1) is 8.77. The van der Waals surface area contributed by atoms with E-state index in [1.165, 1.54) is 0 Å². The Morgan fingerprint density at radius 2 is 2.50 bits per heavy atom. The molecule has 0 bridgehead atoms. The van der Waals surface area contributed by atoms with Crippen LogP contribution in [0.15, 0.2) is 12.3 Å². The summed E-state index contributed by atoms with van der Waals surface area (Å²) in [5, 5.41) is 4.02. The molecule has 12 heavy (non-hydrogen) atoms. The molecular formula is C8H13N3O. The van der Waals surface area contributed by atoms with Crippen LogP contribution in [0.2, 0.25) is 0 Å². The van der Waals surface area contributed by atoms with Crippen molar-refractivity contribution in [1.82, 2.24) is 9.78 Å². The first-order valence-electron chi connectivity index (χ1n) is 4.00. The van der Waals surface area contributed by atoms with Gasteiger partial charge in [0.2, 0.25) is 0 Å². The molecule has 0 aliphatic heterocycles. The number of carbonyl (C=O) groups excluding carboxylic acids is 1. The fourth-order valence-electron chi connectivity index (χ4n) is 1.03. The number of rotatable bonds is 3. The Kier molecular flexibility index (Phi) is 2.47. The van der Waals surface area contributed by atoms with Gasteiger partial charge in [0, 0.05) is 12.2 Å². The summed E-state index contributed by atoms with van der Waals surface area (Å²) in [6, 6.07) is 1.86. The molecule has 1 heterocycles. The molecule has 0 aliphatic carbocycles. The Labute approximate surface area is 71.4 Å². The van der Waals surface area contributed by atoms with Gasteiger partial charge in [0.1, 0.15) is 5.69 Å². The molecule has 1 unspecified atom stereocenters. The van der Waals surface area contributed by atoms with Gasteiger partial charge in [-0.25, -0.2) is 0 Å². The fourth-order valence-corrected chi connectivity index (χ4v) is 1.03. The summed E-state index contributed by atoms with van der Waals surface area (Å²) in [6.07, 6.45) is 2.52. The first-order chi connectivity index (χ1) is 5.66. The lowest BCUT2D eigenvalue weighted by Gasteiger charge is -2.11. The Morgan fingerprint density at radius 3 is 3.00 bits per heavy atom. The predicted octanol–water partition coefficient (Wildman–Crippen LogP) is 0.953. The monoisotopic (exact) mass is 167 g/mol. The van der Waals surface area contributed by atoms with Crippen LogP contribution in [0.5, 0.6) is 0 Å². The van der Waals surface area contributed by atoms with Gasteiger partial charge in [0.25, 0.3) is 5.91 Å². The Balaban J connectivity index is 2.98. The lowest BCUT2D eigenvalue weighted by molar-refractivity contribution is 0.0987. The van der Waals surface area contributed by atoms with Crippen LogP contribution in [0.4, 0.5) is 0 Å². The summed E-state index contributed by atoms with van der Waals surface area (Å²) in [6.45, 7) is 4.04. The second kappa shape index (κ2) is 3.38. The normalized spacial score (nSPS) is 12.8. The van der Waals surface area contributed by atoms with Crippen molar-refractivity contribution in [3.8, 4) is 0 Å². The number of hydrogen-bond acceptors (Lipinski definition) is 2. The van der Waals surface area contributed by atoms with Crippen molar-refractivity contribution in [3.05, 3.63) is 18.0 Å². The third-order valence-corrected chi connectivity index (χ3v) is 1.93. The molecule has 1 rings (SSSR count). The van der Waals surface area contributed by atoms with Gasteiger partial charge in [-0.15, -0.1) is 0 Å². The number of primary amides is 1. The average Bonchev–Trinajstić information content (AvgIpc) is 2.50. The van der Waals surface area contributed by atoms with Gasteiger partial charge in [-0.3, -0.25) is 9.48 Å². The van der Waals surface area contributed by atoms with Crippen LogP contribution in [0.3, 0.4) is 0 Å². The van der Waals surface area contributed by atoms with E-state index >= 15 is 0 Å². The molecule has 0 spiro atoms. The number of hydrogen-bond donors (Lipinski definition) is 1. The van der Waals surface area contributed by atoms with Gasteiger partial charge in [-0.2, -0.15) is 5.10 Å². The van der Waals surface area contributed by atoms with Crippen molar-refractivity contribution in [2.24, 2.45) is 5.73 Å². The molecule has 4 heteroatoms.